The second-order valence-corrected chi connectivity index (χ2v) is 9.97. The number of ether oxygens (including phenoxy) is 1. The van der Waals surface area contributed by atoms with Gasteiger partial charge >= 0.3 is 0 Å². The minimum atomic E-state index is 0.790. The molecule has 1 aliphatic carbocycles. The molecule has 0 amide bonds. The highest BCUT2D eigenvalue weighted by Crippen LogP contribution is 2.32. The molecule has 33 heavy (non-hydrogen) atoms. The lowest BCUT2D eigenvalue weighted by molar-refractivity contribution is 0.299. The van der Waals surface area contributed by atoms with Crippen LogP contribution in [0, 0.1) is 5.92 Å². The van der Waals surface area contributed by atoms with Gasteiger partial charge in [0.15, 0.2) is 0 Å². The molecule has 0 radical (unpaired) electrons. The number of rotatable bonds is 16. The average Bonchev–Trinajstić information content (AvgIpc) is 2.87. The Morgan fingerprint density at radius 2 is 1.61 bits per heavy atom. The first-order valence-electron chi connectivity index (χ1n) is 13.9. The van der Waals surface area contributed by atoms with Crippen molar-refractivity contribution < 1.29 is 4.74 Å². The smallest absolute Gasteiger partial charge is 0.128 e. The molecule has 0 bridgehead atoms. The molecule has 3 heteroatoms. The highest BCUT2D eigenvalue weighted by molar-refractivity contribution is 5.69. The van der Waals surface area contributed by atoms with E-state index in [1.165, 1.54) is 102 Å². The summed E-state index contributed by atoms with van der Waals surface area (Å²) in [4.78, 5) is 8.97. The predicted octanol–water partition coefficient (Wildman–Crippen LogP) is 8.96. The molecule has 2 aromatic rings. The van der Waals surface area contributed by atoms with Crippen LogP contribution in [0.1, 0.15) is 115 Å². The van der Waals surface area contributed by atoms with Crippen LogP contribution in [0.3, 0.4) is 0 Å². The highest BCUT2D eigenvalue weighted by atomic mass is 16.5. The molecule has 1 heterocycles. The van der Waals surface area contributed by atoms with Crippen molar-refractivity contribution in [2.24, 2.45) is 5.92 Å². The SMILES string of the molecule is CCCCCCCCc1cncnc1-c1ccccc1OCCCCCCC1CCCCC1. The first-order valence-corrected chi connectivity index (χ1v) is 13.9. The Kier molecular flexibility index (Phi) is 12.4. The molecule has 0 atom stereocenters. The molecule has 0 aliphatic heterocycles. The standard InChI is InChI=1S/C30H46N2O/c1-2-3-4-5-6-13-20-27-24-31-25-32-30(27)28-21-14-15-22-29(28)33-23-16-8-7-10-17-26-18-11-9-12-19-26/h14-15,21-22,24-26H,2-13,16-20,23H2,1H3. The fourth-order valence-corrected chi connectivity index (χ4v) is 5.21. The van der Waals surface area contributed by atoms with Crippen molar-refractivity contribution in [2.45, 2.75) is 116 Å². The molecule has 1 aliphatic rings. The van der Waals surface area contributed by atoms with E-state index in [0.29, 0.717) is 0 Å². The molecule has 3 nitrogen and oxygen atoms in total. The first kappa shape index (κ1) is 25.7. The van der Waals surface area contributed by atoms with Crippen molar-refractivity contribution in [1.29, 1.82) is 0 Å². The quantitative estimate of drug-likeness (QED) is 0.239. The number of unbranched alkanes of at least 4 members (excludes halogenated alkanes) is 8. The summed E-state index contributed by atoms with van der Waals surface area (Å²) in [5.41, 5.74) is 3.39. The molecule has 0 spiro atoms. The summed E-state index contributed by atoms with van der Waals surface area (Å²) in [7, 11) is 0. The van der Waals surface area contributed by atoms with Gasteiger partial charge in [0.2, 0.25) is 0 Å². The van der Waals surface area contributed by atoms with Crippen LogP contribution < -0.4 is 4.74 Å². The van der Waals surface area contributed by atoms with E-state index in [2.05, 4.69) is 41.2 Å². The van der Waals surface area contributed by atoms with Gasteiger partial charge in [-0.2, -0.15) is 0 Å². The second kappa shape index (κ2) is 15.9. The van der Waals surface area contributed by atoms with E-state index >= 15 is 0 Å². The molecular formula is C30H46N2O. The van der Waals surface area contributed by atoms with Gasteiger partial charge in [-0.15, -0.1) is 0 Å². The number of aryl methyl sites for hydroxylation is 1. The zero-order valence-electron chi connectivity index (χ0n) is 21.1. The Morgan fingerprint density at radius 1 is 0.848 bits per heavy atom. The number of benzene rings is 1. The van der Waals surface area contributed by atoms with E-state index in [9.17, 15) is 0 Å². The number of nitrogens with zero attached hydrogens (tertiary/aromatic N) is 2. The van der Waals surface area contributed by atoms with Crippen molar-refractivity contribution in [3.63, 3.8) is 0 Å². The van der Waals surface area contributed by atoms with Crippen LogP contribution >= 0.6 is 0 Å². The molecule has 3 rings (SSSR count). The molecule has 1 aromatic heterocycles. The molecule has 0 N–H and O–H groups in total. The monoisotopic (exact) mass is 450 g/mol. The molecule has 0 saturated heterocycles. The van der Waals surface area contributed by atoms with E-state index in [-0.39, 0.29) is 0 Å². The Morgan fingerprint density at radius 3 is 2.48 bits per heavy atom. The predicted molar refractivity (Wildman–Crippen MR) is 140 cm³/mol. The van der Waals surface area contributed by atoms with Gasteiger partial charge in [-0.25, -0.2) is 9.97 Å². The number of aromatic nitrogens is 2. The van der Waals surface area contributed by atoms with Crippen LogP contribution in [0.25, 0.3) is 11.3 Å². The fraction of sp³-hybridized carbons (Fsp3) is 0.667. The van der Waals surface area contributed by atoms with Crippen molar-refractivity contribution in [1.82, 2.24) is 9.97 Å². The van der Waals surface area contributed by atoms with E-state index < -0.39 is 0 Å². The summed E-state index contributed by atoms with van der Waals surface area (Å²) in [6, 6.07) is 8.39. The lowest BCUT2D eigenvalue weighted by atomic mass is 9.85. The first-order chi connectivity index (χ1) is 16.4. The van der Waals surface area contributed by atoms with Crippen molar-refractivity contribution in [3.8, 4) is 17.0 Å². The molecular weight excluding hydrogens is 404 g/mol. The maximum Gasteiger partial charge on any atom is 0.128 e. The fourth-order valence-electron chi connectivity index (χ4n) is 5.21. The normalized spacial score (nSPS) is 14.5. The lowest BCUT2D eigenvalue weighted by Gasteiger charge is -2.21. The minimum Gasteiger partial charge on any atom is -0.493 e. The number of hydrogen-bond donors (Lipinski definition) is 0. The Labute approximate surface area is 202 Å². The number of para-hydroxylation sites is 1. The lowest BCUT2D eigenvalue weighted by Crippen LogP contribution is -2.06. The highest BCUT2D eigenvalue weighted by Gasteiger charge is 2.13. The average molecular weight is 451 g/mol. The Bertz CT molecular complexity index is 769. The van der Waals surface area contributed by atoms with E-state index in [4.69, 9.17) is 4.74 Å². The third-order valence-electron chi connectivity index (χ3n) is 7.22. The largest absolute Gasteiger partial charge is 0.493 e. The van der Waals surface area contributed by atoms with Crippen LogP contribution in [0.4, 0.5) is 0 Å². The summed E-state index contributed by atoms with van der Waals surface area (Å²) in [6.45, 7) is 3.06. The Hall–Kier alpha value is -1.90. The molecule has 0 unspecified atom stereocenters. The summed E-state index contributed by atoms with van der Waals surface area (Å²) in [5.74, 6) is 1.97. The van der Waals surface area contributed by atoms with Crippen molar-refractivity contribution >= 4 is 0 Å². The zero-order valence-corrected chi connectivity index (χ0v) is 21.1. The summed E-state index contributed by atoms with van der Waals surface area (Å²) < 4.78 is 6.25. The van der Waals surface area contributed by atoms with Crippen molar-refractivity contribution in [3.05, 3.63) is 42.4 Å². The third kappa shape index (κ3) is 9.47. The van der Waals surface area contributed by atoms with Gasteiger partial charge in [0.1, 0.15) is 12.1 Å². The van der Waals surface area contributed by atoms with Crippen LogP contribution in [0.5, 0.6) is 5.75 Å². The maximum absolute atomic E-state index is 6.25. The van der Waals surface area contributed by atoms with Gasteiger partial charge in [-0.3, -0.25) is 0 Å². The third-order valence-corrected chi connectivity index (χ3v) is 7.22. The second-order valence-electron chi connectivity index (χ2n) is 9.97. The summed E-state index contributed by atoms with van der Waals surface area (Å²) in [5, 5.41) is 0. The topological polar surface area (TPSA) is 35.0 Å². The Balaban J connectivity index is 1.43. The molecule has 182 valence electrons. The molecule has 1 fully saturated rings. The minimum absolute atomic E-state index is 0.790. The van der Waals surface area contributed by atoms with Crippen molar-refractivity contribution in [2.75, 3.05) is 6.61 Å². The van der Waals surface area contributed by atoms with E-state index in [1.807, 2.05) is 6.20 Å². The van der Waals surface area contributed by atoms with Gasteiger partial charge in [0.05, 0.1) is 12.3 Å². The van der Waals surface area contributed by atoms with Gasteiger partial charge in [0.25, 0.3) is 0 Å². The van der Waals surface area contributed by atoms with E-state index in [1.54, 1.807) is 6.33 Å². The van der Waals surface area contributed by atoms with Gasteiger partial charge < -0.3 is 4.74 Å². The molecule has 1 aromatic carbocycles. The van der Waals surface area contributed by atoms with Crippen LogP contribution in [-0.2, 0) is 6.42 Å². The molecule has 1 saturated carbocycles. The van der Waals surface area contributed by atoms with Crippen LogP contribution in [-0.4, -0.2) is 16.6 Å². The van der Waals surface area contributed by atoms with E-state index in [0.717, 1.165) is 42.4 Å². The van der Waals surface area contributed by atoms with Gasteiger partial charge in [0, 0.05) is 11.8 Å². The van der Waals surface area contributed by atoms with Gasteiger partial charge in [-0.05, 0) is 42.9 Å². The zero-order chi connectivity index (χ0) is 23.0. The summed E-state index contributed by atoms with van der Waals surface area (Å²) >= 11 is 0. The summed E-state index contributed by atoms with van der Waals surface area (Å²) in [6.07, 6.45) is 26.5. The van der Waals surface area contributed by atoms with Gasteiger partial charge in [-0.1, -0.05) is 109 Å². The van der Waals surface area contributed by atoms with Crippen LogP contribution in [0.15, 0.2) is 36.8 Å². The van der Waals surface area contributed by atoms with Crippen LogP contribution in [0.2, 0.25) is 0 Å². The maximum atomic E-state index is 6.25. The number of hydrogen-bond acceptors (Lipinski definition) is 3.